The second-order valence-corrected chi connectivity index (χ2v) is 6.74. The molecule has 0 atom stereocenters. The van der Waals surface area contributed by atoms with Gasteiger partial charge >= 0.3 is 5.69 Å². The van der Waals surface area contributed by atoms with Crippen LogP contribution < -0.4 is 14.8 Å². The number of benzene rings is 2. The van der Waals surface area contributed by atoms with Crippen molar-refractivity contribution < 1.29 is 23.7 Å². The lowest BCUT2D eigenvalue weighted by Crippen LogP contribution is -2.20. The maximum absolute atomic E-state index is 12.2. The van der Waals surface area contributed by atoms with E-state index in [-0.39, 0.29) is 29.7 Å². The fraction of sp³-hybridized carbons (Fsp3) is 0.174. The predicted molar refractivity (Wildman–Crippen MR) is 120 cm³/mol. The monoisotopic (exact) mass is 448 g/mol. The molecule has 3 aromatic rings. The van der Waals surface area contributed by atoms with Gasteiger partial charge in [-0.05, 0) is 61.9 Å². The van der Waals surface area contributed by atoms with Gasteiger partial charge in [0, 0.05) is 5.69 Å². The number of hydrogen-bond acceptors (Lipinski definition) is 8. The zero-order chi connectivity index (χ0) is 23.8. The first-order chi connectivity index (χ1) is 15.9. The molecule has 33 heavy (non-hydrogen) atoms. The summed E-state index contributed by atoms with van der Waals surface area (Å²) in [5.74, 6) is 0.439. The second kappa shape index (κ2) is 10.6. The molecule has 0 saturated heterocycles. The molecule has 0 fully saturated rings. The van der Waals surface area contributed by atoms with Crippen LogP contribution in [-0.4, -0.2) is 29.2 Å². The van der Waals surface area contributed by atoms with Gasteiger partial charge in [-0.1, -0.05) is 17.3 Å². The Kier molecular flexibility index (Phi) is 7.39. The fourth-order valence-electron chi connectivity index (χ4n) is 2.87. The molecule has 1 aromatic heterocycles. The topological polar surface area (TPSA) is 141 Å². The minimum atomic E-state index is -0.545. The molecule has 0 aliphatic carbocycles. The Bertz CT molecular complexity index is 1220. The van der Waals surface area contributed by atoms with Gasteiger partial charge in [-0.25, -0.2) is 0 Å². The summed E-state index contributed by atoms with van der Waals surface area (Å²) in [6, 6.07) is 13.5. The van der Waals surface area contributed by atoms with Crippen LogP contribution in [0.15, 0.2) is 47.0 Å². The smallest absolute Gasteiger partial charge is 0.338 e. The van der Waals surface area contributed by atoms with Crippen LogP contribution in [0, 0.1) is 28.4 Å². The van der Waals surface area contributed by atoms with Crippen LogP contribution in [-0.2, 0) is 4.79 Å². The highest BCUT2D eigenvalue weighted by Gasteiger charge is 2.22. The molecule has 0 spiro atoms. The Balaban J connectivity index is 1.68. The second-order valence-electron chi connectivity index (χ2n) is 6.74. The summed E-state index contributed by atoms with van der Waals surface area (Å²) < 4.78 is 16.2. The molecule has 0 saturated carbocycles. The normalized spacial score (nSPS) is 10.6. The molecule has 0 aliphatic rings. The third kappa shape index (κ3) is 5.95. The summed E-state index contributed by atoms with van der Waals surface area (Å²) in [5, 5.41) is 26.3. The number of nitrogens with zero attached hydrogens (tertiary/aromatic N) is 3. The number of nitro groups is 1. The lowest BCUT2D eigenvalue weighted by molar-refractivity contribution is -0.386. The highest BCUT2D eigenvalue weighted by Crippen LogP contribution is 2.30. The average Bonchev–Trinajstić information content (AvgIpc) is 3.18. The summed E-state index contributed by atoms with van der Waals surface area (Å²) in [4.78, 5) is 22.8. The van der Waals surface area contributed by atoms with E-state index in [0.717, 1.165) is 0 Å². The van der Waals surface area contributed by atoms with Crippen molar-refractivity contribution in [3.05, 3.63) is 75.2 Å². The summed E-state index contributed by atoms with van der Waals surface area (Å²) in [7, 11) is 0. The molecule has 1 amide bonds. The van der Waals surface area contributed by atoms with Crippen molar-refractivity contribution in [2.75, 3.05) is 18.5 Å². The largest absolute Gasteiger partial charge is 0.490 e. The van der Waals surface area contributed by atoms with Crippen LogP contribution in [0.3, 0.4) is 0 Å². The minimum Gasteiger partial charge on any atom is -0.490 e. The molecule has 2 aromatic carbocycles. The Labute approximate surface area is 189 Å². The zero-order valence-corrected chi connectivity index (χ0v) is 17.9. The number of aromatic nitrogens is 1. The van der Waals surface area contributed by atoms with Gasteiger partial charge in [-0.2, -0.15) is 5.26 Å². The third-order valence-electron chi connectivity index (χ3n) is 4.39. The number of nitriles is 1. The maximum atomic E-state index is 12.2. The average molecular weight is 448 g/mol. The van der Waals surface area contributed by atoms with E-state index in [1.165, 1.54) is 13.0 Å². The maximum Gasteiger partial charge on any atom is 0.338 e. The first-order valence-electron chi connectivity index (χ1n) is 9.89. The lowest BCUT2D eigenvalue weighted by atomic mass is 10.1. The number of hydrogen-bond donors (Lipinski definition) is 1. The van der Waals surface area contributed by atoms with E-state index in [9.17, 15) is 14.9 Å². The van der Waals surface area contributed by atoms with Crippen molar-refractivity contribution in [2.45, 2.75) is 13.8 Å². The van der Waals surface area contributed by atoms with Crippen LogP contribution in [0.1, 0.15) is 29.5 Å². The molecule has 0 bridgehead atoms. The molecule has 3 rings (SSSR count). The number of rotatable bonds is 9. The van der Waals surface area contributed by atoms with Crippen LogP contribution in [0.2, 0.25) is 0 Å². The van der Waals surface area contributed by atoms with E-state index in [2.05, 4.69) is 10.5 Å². The van der Waals surface area contributed by atoms with Crippen molar-refractivity contribution in [2.24, 2.45) is 0 Å². The van der Waals surface area contributed by atoms with Crippen molar-refractivity contribution in [1.29, 1.82) is 5.26 Å². The van der Waals surface area contributed by atoms with E-state index in [0.29, 0.717) is 34.9 Å². The Hall–Kier alpha value is -4.65. The SMILES string of the molecule is CCOc1cc(/C=C/c2onc(C)c2[N+](=O)[O-])ccc1OCC(=O)Nc1ccc(C#N)cc1. The molecule has 168 valence electrons. The molecule has 0 aliphatic heterocycles. The van der Waals surface area contributed by atoms with E-state index < -0.39 is 4.92 Å². The lowest BCUT2D eigenvalue weighted by Gasteiger charge is -2.13. The summed E-state index contributed by atoms with van der Waals surface area (Å²) in [6.07, 6.45) is 3.08. The quantitative estimate of drug-likeness (QED) is 0.376. The standard InChI is InChI=1S/C23H20N4O6/c1-3-31-21-12-16(7-11-20-23(27(29)30)15(2)26-33-20)6-10-19(21)32-14-22(28)25-18-8-4-17(13-24)5-9-18/h4-12H,3,14H2,1-2H3,(H,25,28)/b11-7+. The summed E-state index contributed by atoms with van der Waals surface area (Å²) in [6.45, 7) is 3.42. The molecular weight excluding hydrogens is 428 g/mol. The molecule has 1 N–H and O–H groups in total. The number of aryl methyl sites for hydroxylation is 1. The fourth-order valence-corrected chi connectivity index (χ4v) is 2.87. The predicted octanol–water partition coefficient (Wildman–Crippen LogP) is 4.35. The van der Waals surface area contributed by atoms with Gasteiger partial charge < -0.3 is 19.3 Å². The number of nitrogens with one attached hydrogen (secondary N) is 1. The van der Waals surface area contributed by atoms with Gasteiger partial charge in [0.25, 0.3) is 5.91 Å². The molecule has 10 nitrogen and oxygen atoms in total. The van der Waals surface area contributed by atoms with E-state index in [1.807, 2.05) is 13.0 Å². The zero-order valence-electron chi connectivity index (χ0n) is 17.9. The Morgan fingerprint density at radius 1 is 1.21 bits per heavy atom. The number of carbonyl (C=O) groups excluding carboxylic acids is 1. The van der Waals surface area contributed by atoms with E-state index in [1.54, 1.807) is 48.5 Å². The number of ether oxygens (including phenoxy) is 2. The van der Waals surface area contributed by atoms with Gasteiger partial charge in [-0.3, -0.25) is 14.9 Å². The Morgan fingerprint density at radius 3 is 2.64 bits per heavy atom. The van der Waals surface area contributed by atoms with Crippen LogP contribution >= 0.6 is 0 Å². The van der Waals surface area contributed by atoms with Crippen molar-refractivity contribution in [3.8, 4) is 17.6 Å². The van der Waals surface area contributed by atoms with Gasteiger partial charge in [0.1, 0.15) is 0 Å². The molecule has 0 radical (unpaired) electrons. The minimum absolute atomic E-state index is 0.0373. The van der Waals surface area contributed by atoms with E-state index in [4.69, 9.17) is 19.3 Å². The van der Waals surface area contributed by atoms with Crippen molar-refractivity contribution in [1.82, 2.24) is 5.16 Å². The van der Waals surface area contributed by atoms with Crippen LogP contribution in [0.5, 0.6) is 11.5 Å². The van der Waals surface area contributed by atoms with Gasteiger partial charge in [-0.15, -0.1) is 0 Å². The van der Waals surface area contributed by atoms with Crippen LogP contribution in [0.4, 0.5) is 11.4 Å². The molecule has 10 heteroatoms. The molecule has 0 unspecified atom stereocenters. The molecular formula is C23H20N4O6. The van der Waals surface area contributed by atoms with Crippen molar-refractivity contribution in [3.63, 3.8) is 0 Å². The first kappa shape index (κ1) is 23.0. The highest BCUT2D eigenvalue weighted by atomic mass is 16.6. The van der Waals surface area contributed by atoms with Crippen LogP contribution in [0.25, 0.3) is 12.2 Å². The number of anilines is 1. The number of carbonyl (C=O) groups is 1. The third-order valence-corrected chi connectivity index (χ3v) is 4.39. The van der Waals surface area contributed by atoms with Gasteiger partial charge in [0.2, 0.25) is 5.76 Å². The van der Waals surface area contributed by atoms with Gasteiger partial charge in [0.15, 0.2) is 23.8 Å². The summed E-state index contributed by atoms with van der Waals surface area (Å²) in [5.41, 5.74) is 1.72. The van der Waals surface area contributed by atoms with E-state index >= 15 is 0 Å². The number of amides is 1. The van der Waals surface area contributed by atoms with Gasteiger partial charge in [0.05, 0.1) is 23.2 Å². The first-order valence-corrected chi connectivity index (χ1v) is 9.89. The van der Waals surface area contributed by atoms with Crippen molar-refractivity contribution >= 4 is 29.4 Å². The Morgan fingerprint density at radius 2 is 1.97 bits per heavy atom. The highest BCUT2D eigenvalue weighted by molar-refractivity contribution is 5.92. The molecule has 1 heterocycles. The summed E-state index contributed by atoms with van der Waals surface area (Å²) >= 11 is 0.